The number of Topliss-reactive ketones (excluding diaryl/α,β-unsaturated/α-hetero) is 1. The van der Waals surface area contributed by atoms with Crippen LogP contribution >= 0.6 is 0 Å². The number of ether oxygens (including phenoxy) is 1. The van der Waals surface area contributed by atoms with E-state index in [0.717, 1.165) is 43.2 Å². The second-order valence-electron chi connectivity index (χ2n) is 8.05. The van der Waals surface area contributed by atoms with E-state index in [0.29, 0.717) is 12.8 Å². The van der Waals surface area contributed by atoms with Crippen molar-refractivity contribution in [2.24, 2.45) is 5.92 Å². The second-order valence-corrected chi connectivity index (χ2v) is 8.05. The Bertz CT molecular complexity index is 717. The summed E-state index contributed by atoms with van der Waals surface area (Å²) in [5.41, 5.74) is 1.17. The van der Waals surface area contributed by atoms with Crippen molar-refractivity contribution in [1.82, 2.24) is 0 Å². The standard InChI is InChI=1S/C23H30O5/c1-28-21(26)8-5-3-2-4-7-18-19(24)15-20(25)22(18)16-9-11-17(12-10-16)23(27)13-6-14-23/h2,4,9-12,18,20,22,25,27H,3,5-8,13-15H2,1H3/b4-2-/t18-,20+,22+/m0/s1. The number of aliphatic hydroxyl groups is 2. The summed E-state index contributed by atoms with van der Waals surface area (Å²) in [5.74, 6) is -0.558. The highest BCUT2D eigenvalue weighted by molar-refractivity contribution is 5.85. The third-order valence-electron chi connectivity index (χ3n) is 6.22. The molecule has 0 aliphatic heterocycles. The Morgan fingerprint density at radius 3 is 2.57 bits per heavy atom. The monoisotopic (exact) mass is 386 g/mol. The van der Waals surface area contributed by atoms with Gasteiger partial charge in [-0.05, 0) is 49.7 Å². The van der Waals surface area contributed by atoms with Crippen LogP contribution in [0.1, 0.15) is 68.4 Å². The van der Waals surface area contributed by atoms with E-state index in [1.807, 2.05) is 36.4 Å². The summed E-state index contributed by atoms with van der Waals surface area (Å²) in [4.78, 5) is 23.5. The van der Waals surface area contributed by atoms with Crippen LogP contribution < -0.4 is 0 Å². The zero-order chi connectivity index (χ0) is 20.1. The van der Waals surface area contributed by atoms with Gasteiger partial charge in [-0.1, -0.05) is 36.4 Å². The third-order valence-corrected chi connectivity index (χ3v) is 6.22. The Hall–Kier alpha value is -1.98. The fraction of sp³-hybridized carbons (Fsp3) is 0.565. The second kappa shape index (κ2) is 9.01. The average molecular weight is 386 g/mol. The molecule has 2 aliphatic rings. The molecule has 5 nitrogen and oxygen atoms in total. The van der Waals surface area contributed by atoms with E-state index in [1.165, 1.54) is 7.11 Å². The van der Waals surface area contributed by atoms with Crippen molar-refractivity contribution in [2.75, 3.05) is 7.11 Å². The first kappa shape index (κ1) is 20.7. The van der Waals surface area contributed by atoms with Crippen LogP contribution in [0.3, 0.4) is 0 Å². The average Bonchev–Trinajstić information content (AvgIpc) is 2.95. The number of carbonyl (C=O) groups is 2. The molecule has 0 saturated heterocycles. The van der Waals surface area contributed by atoms with Crippen molar-refractivity contribution in [3.05, 3.63) is 47.5 Å². The maximum absolute atomic E-state index is 12.4. The zero-order valence-corrected chi connectivity index (χ0v) is 16.5. The van der Waals surface area contributed by atoms with Crippen molar-refractivity contribution in [2.45, 2.75) is 69.0 Å². The Morgan fingerprint density at radius 1 is 1.25 bits per heavy atom. The van der Waals surface area contributed by atoms with Gasteiger partial charge in [-0.25, -0.2) is 0 Å². The van der Waals surface area contributed by atoms with Gasteiger partial charge < -0.3 is 14.9 Å². The number of carbonyl (C=O) groups excluding carboxylic acids is 2. The minimum atomic E-state index is -0.699. The van der Waals surface area contributed by atoms with Crippen molar-refractivity contribution in [3.63, 3.8) is 0 Å². The van der Waals surface area contributed by atoms with Gasteiger partial charge in [0.25, 0.3) is 0 Å². The molecule has 0 heterocycles. The summed E-state index contributed by atoms with van der Waals surface area (Å²) in [5, 5.41) is 20.9. The molecule has 0 bridgehead atoms. The van der Waals surface area contributed by atoms with Crippen LogP contribution in [0, 0.1) is 5.92 Å². The minimum absolute atomic E-state index is 0.0957. The number of allylic oxidation sites excluding steroid dienone is 2. The van der Waals surface area contributed by atoms with Crippen LogP contribution in [0.15, 0.2) is 36.4 Å². The van der Waals surface area contributed by atoms with E-state index >= 15 is 0 Å². The maximum atomic E-state index is 12.4. The van der Waals surface area contributed by atoms with Gasteiger partial charge in [-0.15, -0.1) is 0 Å². The number of methoxy groups -OCH3 is 1. The highest BCUT2D eigenvalue weighted by Crippen LogP contribution is 2.43. The topological polar surface area (TPSA) is 83.8 Å². The van der Waals surface area contributed by atoms with Gasteiger partial charge >= 0.3 is 5.97 Å². The third kappa shape index (κ3) is 4.53. The molecule has 0 amide bonds. The van der Waals surface area contributed by atoms with Gasteiger partial charge in [0, 0.05) is 24.7 Å². The fourth-order valence-corrected chi connectivity index (χ4v) is 4.33. The lowest BCUT2D eigenvalue weighted by Crippen LogP contribution is -2.33. The molecule has 3 rings (SSSR count). The molecule has 0 radical (unpaired) electrons. The molecule has 28 heavy (non-hydrogen) atoms. The van der Waals surface area contributed by atoms with Crippen LogP contribution in [0.4, 0.5) is 0 Å². The van der Waals surface area contributed by atoms with E-state index in [4.69, 9.17) is 0 Å². The summed E-state index contributed by atoms with van der Waals surface area (Å²) in [6.07, 6.45) is 8.59. The van der Waals surface area contributed by atoms with Crippen LogP contribution in [0.5, 0.6) is 0 Å². The zero-order valence-electron chi connectivity index (χ0n) is 16.5. The van der Waals surface area contributed by atoms with Crippen LogP contribution in [-0.2, 0) is 19.9 Å². The predicted molar refractivity (Wildman–Crippen MR) is 106 cm³/mol. The largest absolute Gasteiger partial charge is 0.469 e. The van der Waals surface area contributed by atoms with E-state index in [9.17, 15) is 19.8 Å². The van der Waals surface area contributed by atoms with E-state index in [-0.39, 0.29) is 30.0 Å². The molecule has 1 aromatic rings. The van der Waals surface area contributed by atoms with Crippen LogP contribution in [-0.4, -0.2) is 35.2 Å². The molecule has 2 fully saturated rings. The van der Waals surface area contributed by atoms with Crippen molar-refractivity contribution in [3.8, 4) is 0 Å². The number of unbranched alkanes of at least 4 members (excludes halogenated alkanes) is 1. The smallest absolute Gasteiger partial charge is 0.305 e. The first-order chi connectivity index (χ1) is 13.4. The molecule has 2 N–H and O–H groups in total. The molecule has 0 spiro atoms. The summed E-state index contributed by atoms with van der Waals surface area (Å²) < 4.78 is 4.62. The molecule has 5 heteroatoms. The number of aliphatic hydroxyl groups excluding tert-OH is 1. The van der Waals surface area contributed by atoms with Gasteiger partial charge in [0.1, 0.15) is 5.78 Å². The first-order valence-corrected chi connectivity index (χ1v) is 10.2. The lowest BCUT2D eigenvalue weighted by Gasteiger charge is -2.37. The molecule has 3 atom stereocenters. The lowest BCUT2D eigenvalue weighted by molar-refractivity contribution is -0.140. The molecule has 0 unspecified atom stereocenters. The highest BCUT2D eigenvalue weighted by atomic mass is 16.5. The van der Waals surface area contributed by atoms with Gasteiger partial charge in [-0.2, -0.15) is 0 Å². The summed E-state index contributed by atoms with van der Waals surface area (Å²) in [7, 11) is 1.38. The Morgan fingerprint density at radius 2 is 1.96 bits per heavy atom. The van der Waals surface area contributed by atoms with Gasteiger partial charge in [0.15, 0.2) is 0 Å². The molecule has 0 aromatic heterocycles. The molecular formula is C23H30O5. The Balaban J connectivity index is 1.60. The van der Waals surface area contributed by atoms with Gasteiger partial charge in [-0.3, -0.25) is 9.59 Å². The fourth-order valence-electron chi connectivity index (χ4n) is 4.33. The van der Waals surface area contributed by atoms with Gasteiger partial charge in [0.05, 0.1) is 18.8 Å². The number of benzene rings is 1. The number of hydrogen-bond acceptors (Lipinski definition) is 5. The predicted octanol–water partition coefficient (Wildman–Crippen LogP) is 3.38. The van der Waals surface area contributed by atoms with Crippen LogP contribution in [0.2, 0.25) is 0 Å². The summed E-state index contributed by atoms with van der Waals surface area (Å²) >= 11 is 0. The number of hydrogen-bond donors (Lipinski definition) is 2. The van der Waals surface area contributed by atoms with Crippen molar-refractivity contribution >= 4 is 11.8 Å². The molecule has 2 saturated carbocycles. The minimum Gasteiger partial charge on any atom is -0.469 e. The number of rotatable bonds is 8. The molecular weight excluding hydrogens is 356 g/mol. The van der Waals surface area contributed by atoms with Gasteiger partial charge in [0.2, 0.25) is 0 Å². The maximum Gasteiger partial charge on any atom is 0.305 e. The molecule has 2 aliphatic carbocycles. The van der Waals surface area contributed by atoms with E-state index in [2.05, 4.69) is 4.74 Å². The number of ketones is 1. The van der Waals surface area contributed by atoms with E-state index < -0.39 is 11.7 Å². The molecule has 1 aromatic carbocycles. The van der Waals surface area contributed by atoms with Crippen molar-refractivity contribution in [1.29, 1.82) is 0 Å². The lowest BCUT2D eigenvalue weighted by atomic mass is 9.74. The van der Waals surface area contributed by atoms with Crippen molar-refractivity contribution < 1.29 is 24.5 Å². The Kier molecular flexibility index (Phi) is 6.68. The molecule has 152 valence electrons. The summed E-state index contributed by atoms with van der Waals surface area (Å²) in [6.45, 7) is 0. The first-order valence-electron chi connectivity index (χ1n) is 10.2. The summed E-state index contributed by atoms with van der Waals surface area (Å²) in [6, 6.07) is 7.77. The number of esters is 1. The van der Waals surface area contributed by atoms with E-state index in [1.54, 1.807) is 0 Å². The Labute approximate surface area is 166 Å². The normalized spacial score (nSPS) is 26.4. The van der Waals surface area contributed by atoms with Crippen LogP contribution in [0.25, 0.3) is 0 Å². The SMILES string of the molecule is COC(=O)CCC/C=C\C[C@H]1C(=O)C[C@@H](O)[C@@H]1c1ccc(C2(O)CCC2)cc1. The highest BCUT2D eigenvalue weighted by Gasteiger charge is 2.42. The quantitative estimate of drug-likeness (QED) is 0.406.